The predicted octanol–water partition coefficient (Wildman–Crippen LogP) is 3.32. The minimum absolute atomic E-state index is 0.0835. The van der Waals surface area contributed by atoms with E-state index in [0.717, 1.165) is 12.8 Å². The molecule has 0 aliphatic rings. The zero-order valence-corrected chi connectivity index (χ0v) is 11.8. The summed E-state index contributed by atoms with van der Waals surface area (Å²) in [4.78, 5) is 11.8. The van der Waals surface area contributed by atoms with Gasteiger partial charge in [-0.25, -0.2) is 0 Å². The normalized spacial score (nSPS) is 10.6. The summed E-state index contributed by atoms with van der Waals surface area (Å²) in [6.45, 7) is 4.92. The van der Waals surface area contributed by atoms with Crippen molar-refractivity contribution < 1.29 is 9.90 Å². The number of hydrogen-bond acceptors (Lipinski definition) is 2. The van der Waals surface area contributed by atoms with Gasteiger partial charge in [0.15, 0.2) is 0 Å². The van der Waals surface area contributed by atoms with Crippen LogP contribution in [0.2, 0.25) is 0 Å². The summed E-state index contributed by atoms with van der Waals surface area (Å²) >= 11 is 3.18. The van der Waals surface area contributed by atoms with Gasteiger partial charge in [0.1, 0.15) is 5.75 Å². The molecule has 0 aliphatic heterocycles. The second-order valence-electron chi connectivity index (χ2n) is 4.06. The maximum atomic E-state index is 11.8. The minimum atomic E-state index is -0.139. The first-order valence-electron chi connectivity index (χ1n) is 5.85. The highest BCUT2D eigenvalue weighted by atomic mass is 79.9. The number of hydrogen-bond donors (Lipinski definition) is 2. The molecule has 4 heteroatoms. The summed E-state index contributed by atoms with van der Waals surface area (Å²) in [6.07, 6.45) is 2.12. The molecule has 0 saturated heterocycles. The van der Waals surface area contributed by atoms with Crippen LogP contribution in [0.5, 0.6) is 5.75 Å². The number of rotatable bonds is 5. The highest BCUT2D eigenvalue weighted by molar-refractivity contribution is 9.10. The first-order valence-corrected chi connectivity index (χ1v) is 6.64. The van der Waals surface area contributed by atoms with E-state index in [9.17, 15) is 9.90 Å². The van der Waals surface area contributed by atoms with Gasteiger partial charge < -0.3 is 10.4 Å². The zero-order chi connectivity index (χ0) is 12.8. The van der Waals surface area contributed by atoms with Crippen LogP contribution >= 0.6 is 15.9 Å². The Morgan fingerprint density at radius 2 is 2.06 bits per heavy atom. The van der Waals surface area contributed by atoms with E-state index in [1.54, 1.807) is 12.1 Å². The number of benzene rings is 1. The number of aromatic hydroxyl groups is 1. The monoisotopic (exact) mass is 299 g/mol. The Labute approximate surface area is 110 Å². The minimum Gasteiger partial charge on any atom is -0.507 e. The molecule has 0 unspecified atom stereocenters. The van der Waals surface area contributed by atoms with E-state index in [1.807, 2.05) is 0 Å². The molecule has 2 N–H and O–H groups in total. The van der Waals surface area contributed by atoms with E-state index < -0.39 is 0 Å². The van der Waals surface area contributed by atoms with Crippen molar-refractivity contribution in [2.75, 3.05) is 6.54 Å². The Morgan fingerprint density at radius 3 is 2.59 bits per heavy atom. The van der Waals surface area contributed by atoms with Crippen molar-refractivity contribution in [2.45, 2.75) is 26.7 Å². The van der Waals surface area contributed by atoms with E-state index in [1.165, 1.54) is 6.07 Å². The lowest BCUT2D eigenvalue weighted by molar-refractivity contribution is 0.0946. The fraction of sp³-hybridized carbons (Fsp3) is 0.462. The molecule has 1 amide bonds. The zero-order valence-electron chi connectivity index (χ0n) is 10.2. The first kappa shape index (κ1) is 14.0. The molecule has 1 rings (SSSR count). The third kappa shape index (κ3) is 4.04. The van der Waals surface area contributed by atoms with Crippen LogP contribution in [0.3, 0.4) is 0 Å². The molecule has 0 fully saturated rings. The molecule has 1 aromatic carbocycles. The number of amides is 1. The third-order valence-corrected chi connectivity index (χ3v) is 3.58. The van der Waals surface area contributed by atoms with Gasteiger partial charge in [0.25, 0.3) is 5.91 Å². The molecule has 1 aromatic rings. The third-order valence-electron chi connectivity index (χ3n) is 2.91. The molecule has 0 bridgehead atoms. The smallest absolute Gasteiger partial charge is 0.251 e. The van der Waals surface area contributed by atoms with E-state index in [4.69, 9.17) is 0 Å². The summed E-state index contributed by atoms with van der Waals surface area (Å²) in [6, 6.07) is 4.82. The number of nitrogens with one attached hydrogen (secondary N) is 1. The van der Waals surface area contributed by atoms with Crippen LogP contribution in [0.15, 0.2) is 22.7 Å². The van der Waals surface area contributed by atoms with Crippen molar-refractivity contribution >= 4 is 21.8 Å². The second kappa shape index (κ2) is 6.64. The number of halogens is 1. The second-order valence-corrected chi connectivity index (χ2v) is 4.91. The van der Waals surface area contributed by atoms with E-state index in [2.05, 4.69) is 35.1 Å². The summed E-state index contributed by atoms with van der Waals surface area (Å²) in [5.74, 6) is 0.461. The Hall–Kier alpha value is -1.03. The van der Waals surface area contributed by atoms with Gasteiger partial charge in [0.2, 0.25) is 0 Å². The van der Waals surface area contributed by atoms with Crippen LogP contribution < -0.4 is 5.32 Å². The number of carbonyl (C=O) groups excluding carboxylic acids is 1. The van der Waals surface area contributed by atoms with Crippen LogP contribution in [0.25, 0.3) is 0 Å². The molecule has 94 valence electrons. The van der Waals surface area contributed by atoms with Crippen LogP contribution in [0.1, 0.15) is 37.0 Å². The summed E-state index contributed by atoms with van der Waals surface area (Å²) in [5.41, 5.74) is 0.483. The predicted molar refractivity (Wildman–Crippen MR) is 72.2 cm³/mol. The number of phenolic OH excluding ortho intramolecular Hbond substituents is 1. The molecule has 0 heterocycles. The number of carbonyl (C=O) groups is 1. The van der Waals surface area contributed by atoms with E-state index in [-0.39, 0.29) is 11.7 Å². The van der Waals surface area contributed by atoms with E-state index in [0.29, 0.717) is 22.5 Å². The molecule has 0 radical (unpaired) electrons. The van der Waals surface area contributed by atoms with Gasteiger partial charge >= 0.3 is 0 Å². The van der Waals surface area contributed by atoms with Crippen LogP contribution in [-0.4, -0.2) is 17.6 Å². The SMILES string of the molecule is CCC(CC)CNC(=O)c1ccc(Br)c(O)c1. The molecule has 0 spiro atoms. The molecule has 3 nitrogen and oxygen atoms in total. The van der Waals surface area contributed by atoms with Gasteiger partial charge in [-0.15, -0.1) is 0 Å². The maximum Gasteiger partial charge on any atom is 0.251 e. The van der Waals surface area contributed by atoms with Crippen molar-refractivity contribution in [2.24, 2.45) is 5.92 Å². The Balaban J connectivity index is 2.61. The topological polar surface area (TPSA) is 49.3 Å². The van der Waals surface area contributed by atoms with Gasteiger partial charge in [-0.05, 0) is 40.0 Å². The molecule has 0 aliphatic carbocycles. The lowest BCUT2D eigenvalue weighted by Gasteiger charge is -2.13. The van der Waals surface area contributed by atoms with Crippen LogP contribution in [0, 0.1) is 5.92 Å². The molecule has 0 aromatic heterocycles. The fourth-order valence-electron chi connectivity index (χ4n) is 1.57. The maximum absolute atomic E-state index is 11.8. The van der Waals surface area contributed by atoms with Crippen molar-refractivity contribution in [1.82, 2.24) is 5.32 Å². The molecular formula is C13H18BrNO2. The fourth-order valence-corrected chi connectivity index (χ4v) is 1.82. The number of phenols is 1. The standard InChI is InChI=1S/C13H18BrNO2/c1-3-9(4-2)8-15-13(17)10-5-6-11(14)12(16)7-10/h5-7,9,16H,3-4,8H2,1-2H3,(H,15,17). The highest BCUT2D eigenvalue weighted by Crippen LogP contribution is 2.24. The summed E-state index contributed by atoms with van der Waals surface area (Å²) < 4.78 is 0.592. The quantitative estimate of drug-likeness (QED) is 0.876. The van der Waals surface area contributed by atoms with E-state index >= 15 is 0 Å². The van der Waals surface area contributed by atoms with Gasteiger partial charge in [-0.2, -0.15) is 0 Å². The van der Waals surface area contributed by atoms with Crippen molar-refractivity contribution in [1.29, 1.82) is 0 Å². The Morgan fingerprint density at radius 1 is 1.41 bits per heavy atom. The van der Waals surface area contributed by atoms with Crippen LogP contribution in [-0.2, 0) is 0 Å². The van der Waals surface area contributed by atoms with Gasteiger partial charge in [-0.3, -0.25) is 4.79 Å². The first-order chi connectivity index (χ1) is 8.08. The van der Waals surface area contributed by atoms with Crippen molar-refractivity contribution in [3.63, 3.8) is 0 Å². The molecule has 17 heavy (non-hydrogen) atoms. The average Bonchev–Trinajstić information content (AvgIpc) is 2.33. The van der Waals surface area contributed by atoms with Gasteiger partial charge in [0.05, 0.1) is 4.47 Å². The van der Waals surface area contributed by atoms with Gasteiger partial charge in [0, 0.05) is 12.1 Å². The van der Waals surface area contributed by atoms with Crippen LogP contribution in [0.4, 0.5) is 0 Å². The van der Waals surface area contributed by atoms with Gasteiger partial charge in [-0.1, -0.05) is 26.7 Å². The lowest BCUT2D eigenvalue weighted by Crippen LogP contribution is -2.28. The largest absolute Gasteiger partial charge is 0.507 e. The lowest BCUT2D eigenvalue weighted by atomic mass is 10.0. The molecule has 0 atom stereocenters. The average molecular weight is 300 g/mol. The molecule has 0 saturated carbocycles. The Kier molecular flexibility index (Phi) is 5.48. The summed E-state index contributed by atoms with van der Waals surface area (Å²) in [7, 11) is 0. The summed E-state index contributed by atoms with van der Waals surface area (Å²) in [5, 5.41) is 12.4. The van der Waals surface area contributed by atoms with Crippen molar-refractivity contribution in [3.8, 4) is 5.75 Å². The highest BCUT2D eigenvalue weighted by Gasteiger charge is 2.10. The molecular weight excluding hydrogens is 282 g/mol. The Bertz CT molecular complexity index is 389. The van der Waals surface area contributed by atoms with Crippen molar-refractivity contribution in [3.05, 3.63) is 28.2 Å².